The summed E-state index contributed by atoms with van der Waals surface area (Å²) in [6, 6.07) is 8.96. The highest BCUT2D eigenvalue weighted by atomic mass is 16.2. The lowest BCUT2D eigenvalue weighted by atomic mass is 9.91. The van der Waals surface area contributed by atoms with E-state index >= 15 is 0 Å². The van der Waals surface area contributed by atoms with Crippen molar-refractivity contribution in [1.82, 2.24) is 9.97 Å². The highest BCUT2D eigenvalue weighted by Crippen LogP contribution is 2.31. The number of amides is 2. The van der Waals surface area contributed by atoms with Crippen LogP contribution in [-0.4, -0.2) is 34.9 Å². The number of aromatic nitrogens is 2. The Morgan fingerprint density at radius 2 is 1.83 bits per heavy atom. The number of rotatable bonds is 3. The summed E-state index contributed by atoms with van der Waals surface area (Å²) in [6.07, 6.45) is 1.04. The average molecular weight is 395 g/mol. The number of aromatic amines is 1. The lowest BCUT2D eigenvalue weighted by Gasteiger charge is -2.35. The predicted molar refractivity (Wildman–Crippen MR) is 111 cm³/mol. The van der Waals surface area contributed by atoms with Crippen LogP contribution in [0.3, 0.4) is 0 Å². The van der Waals surface area contributed by atoms with Crippen LogP contribution in [-0.2, 0) is 9.59 Å². The SMILES string of the molecule is CC1CC(C)CN(c2nc3c(c(=O)[nH]2)C(C(=O)Nc2ccccc2)CC(=O)N3)C1. The highest BCUT2D eigenvalue weighted by Gasteiger charge is 2.35. The van der Waals surface area contributed by atoms with Crippen LogP contribution in [0, 0.1) is 11.8 Å². The number of anilines is 3. The van der Waals surface area contributed by atoms with Crippen molar-refractivity contribution in [3.8, 4) is 0 Å². The predicted octanol–water partition coefficient (Wildman–Crippen LogP) is 2.32. The highest BCUT2D eigenvalue weighted by molar-refractivity contribution is 6.04. The van der Waals surface area contributed by atoms with Gasteiger partial charge >= 0.3 is 0 Å². The molecule has 4 rings (SSSR count). The third-order valence-electron chi connectivity index (χ3n) is 5.46. The van der Waals surface area contributed by atoms with E-state index in [-0.39, 0.29) is 29.3 Å². The Bertz CT molecular complexity index is 978. The van der Waals surface area contributed by atoms with Crippen LogP contribution < -0.4 is 21.1 Å². The molecule has 0 saturated carbocycles. The van der Waals surface area contributed by atoms with Crippen molar-refractivity contribution >= 4 is 29.3 Å². The van der Waals surface area contributed by atoms with E-state index in [4.69, 9.17) is 0 Å². The second-order valence-corrected chi connectivity index (χ2v) is 8.16. The molecule has 8 nitrogen and oxygen atoms in total. The molecule has 2 aliphatic rings. The molecule has 29 heavy (non-hydrogen) atoms. The smallest absolute Gasteiger partial charge is 0.258 e. The largest absolute Gasteiger partial charge is 0.342 e. The van der Waals surface area contributed by atoms with Gasteiger partial charge in [0.15, 0.2) is 0 Å². The zero-order valence-electron chi connectivity index (χ0n) is 16.6. The van der Waals surface area contributed by atoms with Crippen LogP contribution in [0.1, 0.15) is 38.2 Å². The van der Waals surface area contributed by atoms with Crippen LogP contribution in [0.15, 0.2) is 35.1 Å². The summed E-state index contributed by atoms with van der Waals surface area (Å²) in [4.78, 5) is 47.4. The quantitative estimate of drug-likeness (QED) is 0.739. The van der Waals surface area contributed by atoms with Gasteiger partial charge in [0.05, 0.1) is 11.5 Å². The Kier molecular flexibility index (Phi) is 5.08. The minimum absolute atomic E-state index is 0.0897. The molecule has 1 saturated heterocycles. The van der Waals surface area contributed by atoms with E-state index in [1.807, 2.05) is 11.0 Å². The third kappa shape index (κ3) is 4.01. The molecule has 0 spiro atoms. The number of hydrogen-bond donors (Lipinski definition) is 3. The molecule has 2 amide bonds. The number of piperidine rings is 1. The summed E-state index contributed by atoms with van der Waals surface area (Å²) in [6.45, 7) is 5.92. The Balaban J connectivity index is 1.65. The molecule has 2 aliphatic heterocycles. The van der Waals surface area contributed by atoms with Gasteiger partial charge in [0, 0.05) is 25.2 Å². The zero-order valence-corrected chi connectivity index (χ0v) is 16.6. The standard InChI is InChI=1S/C21H25N5O3/c1-12-8-13(2)11-26(10-12)21-24-18-17(20(29)25-21)15(9-16(27)23-18)19(28)22-14-6-4-3-5-7-14/h3-7,12-13,15H,8-11H2,1-2H3,(H,22,28)(H2,23,24,25,27,29). The summed E-state index contributed by atoms with van der Waals surface area (Å²) in [5.41, 5.74) is 0.436. The van der Waals surface area contributed by atoms with Crippen LogP contribution in [0.4, 0.5) is 17.5 Å². The molecular weight excluding hydrogens is 370 g/mol. The average Bonchev–Trinajstić information content (AvgIpc) is 2.67. The number of carbonyl (C=O) groups is 2. The summed E-state index contributed by atoms with van der Waals surface area (Å²) in [5, 5.41) is 5.45. The number of nitrogens with one attached hydrogen (secondary N) is 3. The first kappa shape index (κ1) is 19.2. The van der Waals surface area contributed by atoms with Gasteiger partial charge in [-0.25, -0.2) is 0 Å². The molecule has 0 aliphatic carbocycles. The summed E-state index contributed by atoms with van der Waals surface area (Å²) in [5.74, 6) is -0.0139. The van der Waals surface area contributed by atoms with Crippen molar-refractivity contribution in [1.29, 1.82) is 0 Å². The Morgan fingerprint density at radius 1 is 1.14 bits per heavy atom. The number of benzene rings is 1. The fraction of sp³-hybridized carbons (Fsp3) is 0.429. The lowest BCUT2D eigenvalue weighted by Crippen LogP contribution is -2.42. The molecule has 8 heteroatoms. The van der Waals surface area contributed by atoms with Crippen molar-refractivity contribution in [3.63, 3.8) is 0 Å². The third-order valence-corrected chi connectivity index (χ3v) is 5.46. The van der Waals surface area contributed by atoms with E-state index in [1.165, 1.54) is 0 Å². The van der Waals surface area contributed by atoms with Gasteiger partial charge in [-0.05, 0) is 30.4 Å². The maximum Gasteiger partial charge on any atom is 0.258 e. The minimum Gasteiger partial charge on any atom is -0.342 e. The monoisotopic (exact) mass is 395 g/mol. The summed E-state index contributed by atoms with van der Waals surface area (Å²) >= 11 is 0. The molecule has 3 heterocycles. The maximum absolute atomic E-state index is 12.9. The molecule has 1 aromatic heterocycles. The normalized spacial score (nSPS) is 23.9. The fourth-order valence-electron chi connectivity index (χ4n) is 4.32. The van der Waals surface area contributed by atoms with Crippen molar-refractivity contribution in [2.24, 2.45) is 11.8 Å². The van der Waals surface area contributed by atoms with Crippen LogP contribution in [0.2, 0.25) is 0 Å². The first-order chi connectivity index (χ1) is 13.9. The molecule has 0 radical (unpaired) electrons. The number of H-pyrrole nitrogens is 1. The lowest BCUT2D eigenvalue weighted by molar-refractivity contribution is -0.123. The molecule has 2 aromatic rings. The number of hydrogen-bond acceptors (Lipinski definition) is 5. The molecular formula is C21H25N5O3. The number of fused-ring (bicyclic) bond motifs is 1. The molecule has 3 atom stereocenters. The van der Waals surface area contributed by atoms with Gasteiger partial charge in [0.25, 0.3) is 5.56 Å². The first-order valence-corrected chi connectivity index (χ1v) is 9.95. The Hall–Kier alpha value is -3.16. The van der Waals surface area contributed by atoms with Gasteiger partial charge in [0.1, 0.15) is 5.82 Å². The minimum atomic E-state index is -0.886. The van der Waals surface area contributed by atoms with E-state index < -0.39 is 11.8 Å². The topological polar surface area (TPSA) is 107 Å². The second-order valence-electron chi connectivity index (χ2n) is 8.16. The Labute approximate surface area is 168 Å². The molecule has 1 fully saturated rings. The molecule has 0 bridgehead atoms. The zero-order chi connectivity index (χ0) is 20.5. The molecule has 3 N–H and O–H groups in total. The summed E-state index contributed by atoms with van der Waals surface area (Å²) < 4.78 is 0. The van der Waals surface area contributed by atoms with Crippen LogP contribution >= 0.6 is 0 Å². The number of para-hydroxylation sites is 1. The van der Waals surface area contributed by atoms with Crippen molar-refractivity contribution in [3.05, 3.63) is 46.2 Å². The van der Waals surface area contributed by atoms with E-state index in [2.05, 4.69) is 34.4 Å². The van der Waals surface area contributed by atoms with Gasteiger partial charge in [-0.3, -0.25) is 19.4 Å². The van der Waals surface area contributed by atoms with E-state index in [9.17, 15) is 14.4 Å². The van der Waals surface area contributed by atoms with Gasteiger partial charge in [-0.15, -0.1) is 0 Å². The number of nitrogens with zero attached hydrogens (tertiary/aromatic N) is 2. The molecule has 3 unspecified atom stereocenters. The summed E-state index contributed by atoms with van der Waals surface area (Å²) in [7, 11) is 0. The molecule has 1 aromatic carbocycles. The Morgan fingerprint density at radius 3 is 2.52 bits per heavy atom. The second kappa shape index (κ2) is 7.69. The van der Waals surface area contributed by atoms with Crippen LogP contribution in [0.25, 0.3) is 0 Å². The van der Waals surface area contributed by atoms with E-state index in [1.54, 1.807) is 24.3 Å². The fourth-order valence-corrected chi connectivity index (χ4v) is 4.32. The maximum atomic E-state index is 12.9. The van der Waals surface area contributed by atoms with Gasteiger partial charge in [-0.1, -0.05) is 32.0 Å². The van der Waals surface area contributed by atoms with Crippen LogP contribution in [0.5, 0.6) is 0 Å². The van der Waals surface area contributed by atoms with Crippen molar-refractivity contribution in [2.45, 2.75) is 32.6 Å². The van der Waals surface area contributed by atoms with Gasteiger partial charge in [-0.2, -0.15) is 4.98 Å². The van der Waals surface area contributed by atoms with Crippen molar-refractivity contribution in [2.75, 3.05) is 28.6 Å². The van der Waals surface area contributed by atoms with Gasteiger partial charge in [0.2, 0.25) is 17.8 Å². The van der Waals surface area contributed by atoms with E-state index in [0.717, 1.165) is 19.5 Å². The molecule has 152 valence electrons. The first-order valence-electron chi connectivity index (χ1n) is 9.95. The van der Waals surface area contributed by atoms with E-state index in [0.29, 0.717) is 23.5 Å². The van der Waals surface area contributed by atoms with Gasteiger partial charge < -0.3 is 15.5 Å². The number of carbonyl (C=O) groups excluding carboxylic acids is 2. The van der Waals surface area contributed by atoms with Crippen molar-refractivity contribution < 1.29 is 9.59 Å².